The van der Waals surface area contributed by atoms with Crippen LogP contribution in [0.25, 0.3) is 0 Å². The lowest BCUT2D eigenvalue weighted by Crippen LogP contribution is -2.80. The van der Waals surface area contributed by atoms with E-state index < -0.39 is 46.1 Å². The van der Waals surface area contributed by atoms with Crippen molar-refractivity contribution < 1.29 is 42.9 Å². The van der Waals surface area contributed by atoms with E-state index in [0.717, 1.165) is 17.6 Å². The second kappa shape index (κ2) is 9.43. The normalized spacial score (nSPS) is 45.0. The van der Waals surface area contributed by atoms with Crippen LogP contribution < -0.4 is 0 Å². The molecule has 4 bridgehead atoms. The fraction of sp³-hybridized carbons (Fsp3) is 0.719. The van der Waals surface area contributed by atoms with Gasteiger partial charge in [-0.2, -0.15) is 0 Å². The van der Waals surface area contributed by atoms with E-state index in [1.165, 1.54) is 7.11 Å². The molecule has 0 amide bonds. The Morgan fingerprint density at radius 2 is 1.95 bits per heavy atom. The summed E-state index contributed by atoms with van der Waals surface area (Å²) in [7, 11) is 1.37. The zero-order chi connectivity index (χ0) is 29.5. The Hall–Kier alpha value is -2.65. The predicted octanol–water partition coefficient (Wildman–Crippen LogP) is 4.74. The maximum Gasteiger partial charge on any atom is 0.308 e. The number of carbonyl (C=O) groups is 3. The molecule has 9 heteroatoms. The Labute approximate surface area is 240 Å². The molecule has 7 rings (SSSR count). The van der Waals surface area contributed by atoms with Crippen molar-refractivity contribution in [2.75, 3.05) is 13.7 Å². The Bertz CT molecular complexity index is 1270. The summed E-state index contributed by atoms with van der Waals surface area (Å²) in [6.45, 7) is 10.1. The number of carbonyl (C=O) groups excluding carboxylic acids is 3. The molecular weight excluding hydrogens is 528 g/mol. The number of hydrogen-bond donors (Lipinski definition) is 1. The van der Waals surface area contributed by atoms with E-state index in [1.807, 2.05) is 33.8 Å². The first-order valence-corrected chi connectivity index (χ1v) is 14.9. The number of allylic oxidation sites excluding steroid dienone is 1. The van der Waals surface area contributed by atoms with Gasteiger partial charge in [-0.15, -0.1) is 0 Å². The molecule has 0 aromatic carbocycles. The van der Waals surface area contributed by atoms with Gasteiger partial charge in [0.2, 0.25) is 0 Å². The number of furan rings is 1. The number of esters is 3. The van der Waals surface area contributed by atoms with E-state index in [9.17, 15) is 19.5 Å². The minimum absolute atomic E-state index is 0.0602. The molecule has 4 heterocycles. The van der Waals surface area contributed by atoms with Gasteiger partial charge in [0.05, 0.1) is 44.5 Å². The van der Waals surface area contributed by atoms with Crippen molar-refractivity contribution in [2.24, 2.45) is 45.8 Å². The molecule has 41 heavy (non-hydrogen) atoms. The molecule has 11 atom stereocenters. The molecule has 3 saturated heterocycles. The van der Waals surface area contributed by atoms with Gasteiger partial charge in [0, 0.05) is 28.2 Å². The Morgan fingerprint density at radius 3 is 2.61 bits per heavy atom. The van der Waals surface area contributed by atoms with E-state index >= 15 is 0 Å². The van der Waals surface area contributed by atoms with Gasteiger partial charge >= 0.3 is 17.9 Å². The number of ether oxygens (including phenoxy) is 4. The summed E-state index contributed by atoms with van der Waals surface area (Å²) in [5.41, 5.74) is -0.155. The third kappa shape index (κ3) is 3.70. The highest BCUT2D eigenvalue weighted by Gasteiger charge is 2.79. The van der Waals surface area contributed by atoms with E-state index in [0.29, 0.717) is 12.8 Å². The van der Waals surface area contributed by atoms with E-state index in [4.69, 9.17) is 23.4 Å². The third-order valence-corrected chi connectivity index (χ3v) is 11.9. The summed E-state index contributed by atoms with van der Waals surface area (Å²) in [5.74, 6) is -4.34. The summed E-state index contributed by atoms with van der Waals surface area (Å²) in [4.78, 5) is 39.2. The monoisotopic (exact) mass is 570 g/mol. The van der Waals surface area contributed by atoms with Crippen LogP contribution in [0.3, 0.4) is 0 Å². The van der Waals surface area contributed by atoms with Crippen LogP contribution in [0.2, 0.25) is 0 Å². The lowest BCUT2D eigenvalue weighted by Gasteiger charge is -2.73. The smallest absolute Gasteiger partial charge is 0.308 e. The highest BCUT2D eigenvalue weighted by Crippen LogP contribution is 2.74. The fourth-order valence-corrected chi connectivity index (χ4v) is 9.34. The second-order valence-corrected chi connectivity index (χ2v) is 13.7. The average molecular weight is 571 g/mol. The molecule has 2 saturated carbocycles. The number of rotatable bonds is 6. The molecular formula is C32H42O9. The number of cyclic esters (lactones) is 1. The van der Waals surface area contributed by atoms with Crippen LogP contribution in [0.5, 0.6) is 0 Å². The van der Waals surface area contributed by atoms with Gasteiger partial charge in [-0.25, -0.2) is 0 Å². The number of aliphatic hydroxyl groups is 1. The molecule has 1 N–H and O–H groups in total. The van der Waals surface area contributed by atoms with Crippen LogP contribution >= 0.6 is 0 Å². The maximum absolute atomic E-state index is 13.2. The molecule has 0 spiro atoms. The number of fused-ring (bicyclic) bond motifs is 4. The first-order chi connectivity index (χ1) is 19.3. The summed E-state index contributed by atoms with van der Waals surface area (Å²) >= 11 is 0. The third-order valence-electron chi connectivity index (χ3n) is 11.9. The van der Waals surface area contributed by atoms with Gasteiger partial charge < -0.3 is 28.5 Å². The Kier molecular flexibility index (Phi) is 6.55. The predicted molar refractivity (Wildman–Crippen MR) is 145 cm³/mol. The second-order valence-electron chi connectivity index (χ2n) is 13.7. The summed E-state index contributed by atoms with van der Waals surface area (Å²) in [5, 5.41) is 12.5. The highest BCUT2D eigenvalue weighted by molar-refractivity contribution is 5.73. The van der Waals surface area contributed by atoms with E-state index in [1.54, 1.807) is 12.5 Å². The fourth-order valence-electron chi connectivity index (χ4n) is 9.34. The molecule has 1 aromatic heterocycles. The Balaban J connectivity index is 1.51. The van der Waals surface area contributed by atoms with Gasteiger partial charge in [0.1, 0.15) is 12.2 Å². The van der Waals surface area contributed by atoms with Crippen molar-refractivity contribution in [1.29, 1.82) is 0 Å². The van der Waals surface area contributed by atoms with Crippen LogP contribution in [0.4, 0.5) is 0 Å². The zero-order valence-corrected chi connectivity index (χ0v) is 24.8. The van der Waals surface area contributed by atoms with Crippen molar-refractivity contribution in [3.63, 3.8) is 0 Å². The number of methoxy groups -OCH3 is 1. The van der Waals surface area contributed by atoms with Crippen molar-refractivity contribution >= 4 is 17.9 Å². The largest absolute Gasteiger partial charge is 0.472 e. The van der Waals surface area contributed by atoms with Crippen molar-refractivity contribution in [3.05, 3.63) is 35.8 Å². The molecule has 0 radical (unpaired) electrons. The van der Waals surface area contributed by atoms with Crippen LogP contribution in [0, 0.1) is 45.8 Å². The first kappa shape index (κ1) is 28.5. The standard InChI is InChI=1S/C32H42O9/c1-7-17(2)28(35)41-27-22-12-19-20(31(5)23(14-24(33)37-6)30(27,4)16-39-32(22,31)36)8-10-29(3)21(19)13-25(34)40-26(29)18-9-11-38-15-18/h9,11-12,15,17,20-23,26-27,36H,7-8,10,13-14,16H2,1-6H3/t17?,20-,21-,22?,23-,26-,27+,29+,30+,31+,32+/m0/s1. The van der Waals surface area contributed by atoms with Crippen LogP contribution in [-0.2, 0) is 33.3 Å². The lowest BCUT2D eigenvalue weighted by molar-refractivity contribution is -0.428. The molecule has 3 aliphatic heterocycles. The average Bonchev–Trinajstić information content (AvgIpc) is 3.48. The zero-order valence-electron chi connectivity index (χ0n) is 24.8. The molecule has 3 aliphatic carbocycles. The van der Waals surface area contributed by atoms with Gasteiger partial charge in [-0.3, -0.25) is 14.4 Å². The SMILES string of the molecule is CCC(C)C(=O)O[C@@H]1C2C=C3[C@@H]4CC(=O)O[C@@H](c5ccoc5)[C@]4(C)CC[C@@H]3[C@]3(C)[C@@H](CC(=O)OC)[C@@]1(C)CO[C@]23O. The Morgan fingerprint density at radius 1 is 1.20 bits per heavy atom. The van der Waals surface area contributed by atoms with Crippen LogP contribution in [-0.4, -0.2) is 48.6 Å². The van der Waals surface area contributed by atoms with Crippen LogP contribution in [0.15, 0.2) is 34.7 Å². The minimum Gasteiger partial charge on any atom is -0.472 e. The van der Waals surface area contributed by atoms with Crippen molar-refractivity contribution in [3.8, 4) is 0 Å². The summed E-state index contributed by atoms with van der Waals surface area (Å²) < 4.78 is 29.1. The summed E-state index contributed by atoms with van der Waals surface area (Å²) in [6, 6.07) is 1.84. The quantitative estimate of drug-likeness (QED) is 0.294. The van der Waals surface area contributed by atoms with Gasteiger partial charge in [-0.1, -0.05) is 46.3 Å². The highest BCUT2D eigenvalue weighted by atomic mass is 16.6. The molecule has 6 aliphatic rings. The molecule has 9 nitrogen and oxygen atoms in total. The van der Waals surface area contributed by atoms with Gasteiger partial charge in [0.25, 0.3) is 0 Å². The minimum atomic E-state index is -1.66. The number of hydrogen-bond acceptors (Lipinski definition) is 9. The van der Waals surface area contributed by atoms with E-state index in [2.05, 4.69) is 13.0 Å². The van der Waals surface area contributed by atoms with Gasteiger partial charge in [-0.05, 0) is 43.1 Å². The molecule has 224 valence electrons. The van der Waals surface area contributed by atoms with E-state index in [-0.39, 0.29) is 55.1 Å². The first-order valence-electron chi connectivity index (χ1n) is 14.9. The molecule has 2 unspecified atom stereocenters. The van der Waals surface area contributed by atoms with Crippen LogP contribution in [0.1, 0.15) is 78.4 Å². The maximum atomic E-state index is 13.2. The van der Waals surface area contributed by atoms with Gasteiger partial charge in [0.15, 0.2) is 5.79 Å². The lowest BCUT2D eigenvalue weighted by atomic mass is 9.37. The van der Waals surface area contributed by atoms with Crippen molar-refractivity contribution in [1.82, 2.24) is 0 Å². The molecule has 5 fully saturated rings. The van der Waals surface area contributed by atoms with Crippen molar-refractivity contribution in [2.45, 2.75) is 84.7 Å². The summed E-state index contributed by atoms with van der Waals surface area (Å²) in [6.07, 6.45) is 6.45. The topological polar surface area (TPSA) is 122 Å². The molecule has 1 aromatic rings.